The van der Waals surface area contributed by atoms with Gasteiger partial charge in [-0.1, -0.05) is 43.1 Å². The maximum absolute atomic E-state index is 6.47. The van der Waals surface area contributed by atoms with Gasteiger partial charge < -0.3 is 4.90 Å². The van der Waals surface area contributed by atoms with Gasteiger partial charge in [0.1, 0.15) is 16.5 Å². The summed E-state index contributed by atoms with van der Waals surface area (Å²) in [5, 5.41) is 2.32. The number of halogens is 2. The highest BCUT2D eigenvalue weighted by molar-refractivity contribution is 7.98. The molecule has 0 N–H and O–H groups in total. The van der Waals surface area contributed by atoms with E-state index in [1.807, 2.05) is 12.1 Å². The molecule has 0 aliphatic rings. The van der Waals surface area contributed by atoms with Crippen molar-refractivity contribution in [3.63, 3.8) is 0 Å². The first-order valence-electron chi connectivity index (χ1n) is 8.86. The highest BCUT2D eigenvalue weighted by atomic mass is 35.5. The SMILES string of the molecule is CCCN(CCC)c1c(SC)nc2c(-c3ccc(Cl)cc3Cl)cccn12. The number of fused-ring (bicyclic) bond motifs is 1. The standard InChI is InChI=1S/C20H23Cl2N3S/c1-4-10-24(11-5-2)20-19(26-3)23-18-16(7-6-12-25(18)20)15-9-8-14(21)13-17(15)22/h6-9,12-13H,4-5,10-11H2,1-3H3. The average Bonchev–Trinajstić information content (AvgIpc) is 3.00. The van der Waals surface area contributed by atoms with E-state index in [0.29, 0.717) is 10.0 Å². The highest BCUT2D eigenvalue weighted by Gasteiger charge is 2.20. The summed E-state index contributed by atoms with van der Waals surface area (Å²) in [7, 11) is 0. The quantitative estimate of drug-likeness (QED) is 0.408. The Morgan fingerprint density at radius 3 is 2.42 bits per heavy atom. The Morgan fingerprint density at radius 1 is 1.08 bits per heavy atom. The van der Waals surface area contributed by atoms with Crippen molar-refractivity contribution in [3.8, 4) is 11.1 Å². The normalized spacial score (nSPS) is 11.3. The molecule has 138 valence electrons. The third-order valence-electron chi connectivity index (χ3n) is 4.30. The largest absolute Gasteiger partial charge is 0.355 e. The Morgan fingerprint density at radius 2 is 1.81 bits per heavy atom. The molecule has 0 spiro atoms. The molecule has 0 saturated carbocycles. The first kappa shape index (κ1) is 19.4. The van der Waals surface area contributed by atoms with E-state index >= 15 is 0 Å². The van der Waals surface area contributed by atoms with Gasteiger partial charge >= 0.3 is 0 Å². The molecule has 2 aromatic heterocycles. The number of hydrogen-bond acceptors (Lipinski definition) is 3. The lowest BCUT2D eigenvalue weighted by molar-refractivity contribution is 0.723. The molecule has 3 nitrogen and oxygen atoms in total. The van der Waals surface area contributed by atoms with Crippen LogP contribution in [0.3, 0.4) is 0 Å². The van der Waals surface area contributed by atoms with Crippen molar-refractivity contribution in [1.29, 1.82) is 0 Å². The van der Waals surface area contributed by atoms with Crippen LogP contribution in [0, 0.1) is 0 Å². The number of nitrogens with zero attached hydrogens (tertiary/aromatic N) is 3. The molecule has 0 saturated heterocycles. The number of hydrogen-bond donors (Lipinski definition) is 0. The second-order valence-electron chi connectivity index (χ2n) is 6.17. The third-order valence-corrected chi connectivity index (χ3v) is 5.50. The molecule has 0 amide bonds. The zero-order valence-electron chi connectivity index (χ0n) is 15.3. The molecule has 1 aromatic carbocycles. The Balaban J connectivity index is 2.23. The monoisotopic (exact) mass is 407 g/mol. The zero-order chi connectivity index (χ0) is 18.7. The zero-order valence-corrected chi connectivity index (χ0v) is 17.6. The molecule has 26 heavy (non-hydrogen) atoms. The van der Waals surface area contributed by atoms with Crippen LogP contribution in [0.15, 0.2) is 41.6 Å². The summed E-state index contributed by atoms with van der Waals surface area (Å²) in [5.41, 5.74) is 2.89. The molecule has 2 heterocycles. The van der Waals surface area contributed by atoms with E-state index in [-0.39, 0.29) is 0 Å². The van der Waals surface area contributed by atoms with Crippen LogP contribution in [-0.4, -0.2) is 28.7 Å². The molecule has 6 heteroatoms. The molecule has 0 aliphatic heterocycles. The van der Waals surface area contributed by atoms with Gasteiger partial charge in [-0.25, -0.2) is 4.98 Å². The predicted molar refractivity (Wildman–Crippen MR) is 115 cm³/mol. The van der Waals surface area contributed by atoms with E-state index in [2.05, 4.69) is 47.7 Å². The molecular weight excluding hydrogens is 385 g/mol. The van der Waals surface area contributed by atoms with E-state index in [0.717, 1.165) is 47.7 Å². The minimum absolute atomic E-state index is 0.636. The van der Waals surface area contributed by atoms with Crippen molar-refractivity contribution in [2.24, 2.45) is 0 Å². The highest BCUT2D eigenvalue weighted by Crippen LogP contribution is 2.37. The fourth-order valence-electron chi connectivity index (χ4n) is 3.24. The van der Waals surface area contributed by atoms with E-state index < -0.39 is 0 Å². The maximum atomic E-state index is 6.47. The fourth-order valence-corrected chi connectivity index (χ4v) is 4.34. The molecule has 0 fully saturated rings. The number of aromatic nitrogens is 2. The first-order chi connectivity index (χ1) is 12.6. The summed E-state index contributed by atoms with van der Waals surface area (Å²) in [4.78, 5) is 7.38. The molecular formula is C20H23Cl2N3S. The van der Waals surface area contributed by atoms with Crippen molar-refractivity contribution in [2.45, 2.75) is 31.7 Å². The van der Waals surface area contributed by atoms with E-state index in [1.165, 1.54) is 5.82 Å². The molecule has 0 aliphatic carbocycles. The second-order valence-corrected chi connectivity index (χ2v) is 7.81. The fraction of sp³-hybridized carbons (Fsp3) is 0.350. The van der Waals surface area contributed by atoms with Crippen LogP contribution >= 0.6 is 35.0 Å². The van der Waals surface area contributed by atoms with Gasteiger partial charge in [0.15, 0.2) is 0 Å². The van der Waals surface area contributed by atoms with Gasteiger partial charge in [0, 0.05) is 35.4 Å². The van der Waals surface area contributed by atoms with E-state index in [4.69, 9.17) is 28.2 Å². The summed E-state index contributed by atoms with van der Waals surface area (Å²) in [6.45, 7) is 6.45. The van der Waals surface area contributed by atoms with Crippen molar-refractivity contribution in [1.82, 2.24) is 9.38 Å². The first-order valence-corrected chi connectivity index (χ1v) is 10.8. The Labute approximate surface area is 169 Å². The van der Waals surface area contributed by atoms with Crippen molar-refractivity contribution < 1.29 is 0 Å². The summed E-state index contributed by atoms with van der Waals surface area (Å²) in [6.07, 6.45) is 6.37. The second kappa shape index (κ2) is 8.55. The van der Waals surface area contributed by atoms with Gasteiger partial charge in [0.05, 0.1) is 5.02 Å². The molecule has 0 unspecified atom stereocenters. The van der Waals surface area contributed by atoms with Gasteiger partial charge in [-0.15, -0.1) is 11.8 Å². The van der Waals surface area contributed by atoms with Crippen LogP contribution in [0.2, 0.25) is 10.0 Å². The van der Waals surface area contributed by atoms with E-state index in [9.17, 15) is 0 Å². The topological polar surface area (TPSA) is 20.5 Å². The van der Waals surface area contributed by atoms with Crippen LogP contribution in [0.1, 0.15) is 26.7 Å². The minimum atomic E-state index is 0.636. The van der Waals surface area contributed by atoms with Crippen LogP contribution < -0.4 is 4.90 Å². The number of anilines is 1. The number of imidazole rings is 1. The summed E-state index contributed by atoms with van der Waals surface area (Å²) < 4.78 is 2.19. The van der Waals surface area contributed by atoms with Gasteiger partial charge in [-0.2, -0.15) is 0 Å². The molecule has 0 atom stereocenters. The van der Waals surface area contributed by atoms with E-state index in [1.54, 1.807) is 17.8 Å². The van der Waals surface area contributed by atoms with Gasteiger partial charge in [-0.3, -0.25) is 4.40 Å². The molecule has 0 radical (unpaired) electrons. The average molecular weight is 408 g/mol. The molecule has 0 bridgehead atoms. The maximum Gasteiger partial charge on any atom is 0.147 e. The van der Waals surface area contributed by atoms with Crippen molar-refractivity contribution >= 4 is 46.4 Å². The van der Waals surface area contributed by atoms with Crippen molar-refractivity contribution in [3.05, 3.63) is 46.6 Å². The summed E-state index contributed by atoms with van der Waals surface area (Å²) >= 11 is 14.2. The number of pyridine rings is 1. The van der Waals surface area contributed by atoms with Gasteiger partial charge in [-0.05, 0) is 43.4 Å². The van der Waals surface area contributed by atoms with Crippen LogP contribution in [0.4, 0.5) is 5.82 Å². The van der Waals surface area contributed by atoms with Gasteiger partial charge in [0.2, 0.25) is 0 Å². The summed E-state index contributed by atoms with van der Waals surface area (Å²) in [5.74, 6) is 1.17. The smallest absolute Gasteiger partial charge is 0.147 e. The molecule has 3 aromatic rings. The molecule has 3 rings (SSSR count). The predicted octanol–water partition coefficient (Wildman–Crippen LogP) is 6.66. The number of thioether (sulfide) groups is 1. The lowest BCUT2D eigenvalue weighted by Crippen LogP contribution is -2.26. The number of rotatable bonds is 7. The Kier molecular flexibility index (Phi) is 6.38. The van der Waals surface area contributed by atoms with Crippen LogP contribution in [-0.2, 0) is 0 Å². The van der Waals surface area contributed by atoms with Crippen LogP contribution in [0.25, 0.3) is 16.8 Å². The Bertz CT molecular complexity index is 901. The Hall–Kier alpha value is -1.36. The van der Waals surface area contributed by atoms with Crippen molar-refractivity contribution in [2.75, 3.05) is 24.2 Å². The number of benzene rings is 1. The lowest BCUT2D eigenvalue weighted by Gasteiger charge is -2.24. The van der Waals surface area contributed by atoms with Gasteiger partial charge in [0.25, 0.3) is 0 Å². The minimum Gasteiger partial charge on any atom is -0.355 e. The summed E-state index contributed by atoms with van der Waals surface area (Å²) in [6, 6.07) is 9.73. The lowest BCUT2D eigenvalue weighted by atomic mass is 10.1. The van der Waals surface area contributed by atoms with Crippen LogP contribution in [0.5, 0.6) is 0 Å². The third kappa shape index (κ3) is 3.68.